The quantitative estimate of drug-likeness (QED) is 0.292. The molecular formula is C28H18N2O. The number of fused-ring (bicyclic) bond motifs is 2. The Morgan fingerprint density at radius 3 is 1.77 bits per heavy atom. The van der Waals surface area contributed by atoms with Crippen molar-refractivity contribution in [3.05, 3.63) is 109 Å². The molecule has 0 aliphatic heterocycles. The van der Waals surface area contributed by atoms with E-state index in [1.54, 1.807) is 0 Å². The second-order valence-electron chi connectivity index (χ2n) is 7.56. The highest BCUT2D eigenvalue weighted by atomic mass is 16.5. The third kappa shape index (κ3) is 3.08. The minimum atomic E-state index is 0.528. The average molecular weight is 398 g/mol. The Morgan fingerprint density at radius 1 is 0.516 bits per heavy atom. The van der Waals surface area contributed by atoms with Crippen LogP contribution in [0.2, 0.25) is 0 Å². The van der Waals surface area contributed by atoms with Crippen LogP contribution in [0.1, 0.15) is 0 Å². The van der Waals surface area contributed by atoms with Gasteiger partial charge in [0.1, 0.15) is 0 Å². The van der Waals surface area contributed by atoms with Gasteiger partial charge in [0.15, 0.2) is 0 Å². The summed E-state index contributed by atoms with van der Waals surface area (Å²) in [5.74, 6) is 1.12. The SMILES string of the molecule is c1ccc(-c2nc(-c3ccc(-c4c5ccccc5cc5ccccc45)cc3)no2)cc1. The van der Waals surface area contributed by atoms with Crippen molar-refractivity contribution in [1.29, 1.82) is 0 Å². The Hall–Kier alpha value is -4.24. The first-order chi connectivity index (χ1) is 15.4. The van der Waals surface area contributed by atoms with Gasteiger partial charge in [-0.05, 0) is 50.9 Å². The molecule has 0 radical (unpaired) electrons. The summed E-state index contributed by atoms with van der Waals surface area (Å²) in [5, 5.41) is 9.16. The van der Waals surface area contributed by atoms with E-state index in [2.05, 4.69) is 89.0 Å². The Labute approximate surface area is 179 Å². The fourth-order valence-corrected chi connectivity index (χ4v) is 4.15. The van der Waals surface area contributed by atoms with Crippen molar-refractivity contribution in [2.45, 2.75) is 0 Å². The van der Waals surface area contributed by atoms with Gasteiger partial charge in [-0.15, -0.1) is 0 Å². The summed E-state index contributed by atoms with van der Waals surface area (Å²) in [7, 11) is 0. The normalized spacial score (nSPS) is 11.2. The number of hydrogen-bond donors (Lipinski definition) is 0. The molecule has 0 bridgehead atoms. The first kappa shape index (κ1) is 17.6. The molecule has 6 rings (SSSR count). The lowest BCUT2D eigenvalue weighted by molar-refractivity contribution is 0.432. The number of hydrogen-bond acceptors (Lipinski definition) is 3. The molecule has 0 spiro atoms. The second kappa shape index (κ2) is 7.22. The molecule has 0 N–H and O–H groups in total. The van der Waals surface area contributed by atoms with Crippen molar-refractivity contribution >= 4 is 21.5 Å². The zero-order chi connectivity index (χ0) is 20.6. The highest BCUT2D eigenvalue weighted by molar-refractivity contribution is 6.12. The van der Waals surface area contributed by atoms with Gasteiger partial charge in [-0.1, -0.05) is 96.2 Å². The lowest BCUT2D eigenvalue weighted by Gasteiger charge is -2.12. The van der Waals surface area contributed by atoms with Gasteiger partial charge in [-0.2, -0.15) is 4.98 Å². The predicted octanol–water partition coefficient (Wildman–Crippen LogP) is 7.38. The zero-order valence-corrected chi connectivity index (χ0v) is 16.7. The van der Waals surface area contributed by atoms with Crippen LogP contribution in [0.15, 0.2) is 114 Å². The largest absolute Gasteiger partial charge is 0.334 e. The smallest absolute Gasteiger partial charge is 0.258 e. The van der Waals surface area contributed by atoms with Crippen LogP contribution in [0.3, 0.4) is 0 Å². The standard InChI is InChI=1S/C28H18N2O/c1-2-8-21(9-3-1)28-29-27(30-31-28)20-16-14-19(15-17-20)26-24-12-6-4-10-22(24)18-23-11-5-7-13-25(23)26/h1-18H. The third-order valence-electron chi connectivity index (χ3n) is 5.65. The summed E-state index contributed by atoms with van der Waals surface area (Å²) in [5.41, 5.74) is 4.26. The molecule has 0 unspecified atom stereocenters. The van der Waals surface area contributed by atoms with Gasteiger partial charge in [0.2, 0.25) is 5.82 Å². The van der Waals surface area contributed by atoms with Crippen molar-refractivity contribution in [3.8, 4) is 34.0 Å². The van der Waals surface area contributed by atoms with Crippen molar-refractivity contribution in [2.75, 3.05) is 0 Å². The molecule has 1 aromatic heterocycles. The van der Waals surface area contributed by atoms with Crippen molar-refractivity contribution in [3.63, 3.8) is 0 Å². The molecule has 31 heavy (non-hydrogen) atoms. The minimum Gasteiger partial charge on any atom is -0.334 e. The lowest BCUT2D eigenvalue weighted by Crippen LogP contribution is -1.87. The fraction of sp³-hybridized carbons (Fsp3) is 0. The van der Waals surface area contributed by atoms with Crippen molar-refractivity contribution in [2.24, 2.45) is 0 Å². The maximum absolute atomic E-state index is 5.47. The molecule has 0 amide bonds. The molecule has 3 heteroatoms. The summed E-state index contributed by atoms with van der Waals surface area (Å²) in [6, 6.07) is 37.6. The molecular weight excluding hydrogens is 380 g/mol. The Bertz CT molecular complexity index is 1460. The predicted molar refractivity (Wildman–Crippen MR) is 126 cm³/mol. The van der Waals surface area contributed by atoms with Gasteiger partial charge >= 0.3 is 0 Å². The van der Waals surface area contributed by atoms with Gasteiger partial charge in [-0.3, -0.25) is 0 Å². The van der Waals surface area contributed by atoms with E-state index in [1.807, 2.05) is 30.3 Å². The molecule has 0 saturated carbocycles. The topological polar surface area (TPSA) is 38.9 Å². The van der Waals surface area contributed by atoms with Crippen LogP contribution < -0.4 is 0 Å². The second-order valence-corrected chi connectivity index (χ2v) is 7.56. The first-order valence-electron chi connectivity index (χ1n) is 10.3. The highest BCUT2D eigenvalue weighted by Gasteiger charge is 2.13. The van der Waals surface area contributed by atoms with Gasteiger partial charge in [-0.25, -0.2) is 0 Å². The van der Waals surface area contributed by atoms with Crippen molar-refractivity contribution in [1.82, 2.24) is 10.1 Å². The summed E-state index contributed by atoms with van der Waals surface area (Å²) >= 11 is 0. The van der Waals surface area contributed by atoms with Crippen LogP contribution in [-0.2, 0) is 0 Å². The van der Waals surface area contributed by atoms with E-state index in [9.17, 15) is 0 Å². The van der Waals surface area contributed by atoms with Crippen LogP contribution in [-0.4, -0.2) is 10.1 Å². The van der Waals surface area contributed by atoms with Crippen LogP contribution in [0.25, 0.3) is 55.5 Å². The summed E-state index contributed by atoms with van der Waals surface area (Å²) < 4.78 is 5.47. The Kier molecular flexibility index (Phi) is 4.10. The molecule has 0 aliphatic rings. The van der Waals surface area contributed by atoms with E-state index < -0.39 is 0 Å². The number of rotatable bonds is 3. The summed E-state index contributed by atoms with van der Waals surface area (Å²) in [6.45, 7) is 0. The molecule has 0 saturated heterocycles. The van der Waals surface area contributed by atoms with Crippen LogP contribution in [0.4, 0.5) is 0 Å². The molecule has 6 aromatic rings. The Balaban J connectivity index is 1.45. The highest BCUT2D eigenvalue weighted by Crippen LogP contribution is 2.37. The average Bonchev–Trinajstić information content (AvgIpc) is 3.34. The van der Waals surface area contributed by atoms with E-state index in [1.165, 1.54) is 32.7 Å². The molecule has 5 aromatic carbocycles. The molecule has 3 nitrogen and oxygen atoms in total. The van der Waals surface area contributed by atoms with Gasteiger partial charge in [0.25, 0.3) is 5.89 Å². The lowest BCUT2D eigenvalue weighted by atomic mass is 9.92. The summed E-state index contributed by atoms with van der Waals surface area (Å²) in [6.07, 6.45) is 0. The maximum atomic E-state index is 5.47. The van der Waals surface area contributed by atoms with E-state index in [0.717, 1.165) is 11.1 Å². The van der Waals surface area contributed by atoms with Gasteiger partial charge in [0, 0.05) is 11.1 Å². The zero-order valence-electron chi connectivity index (χ0n) is 16.7. The molecule has 0 atom stereocenters. The maximum Gasteiger partial charge on any atom is 0.258 e. The van der Waals surface area contributed by atoms with Crippen LogP contribution >= 0.6 is 0 Å². The van der Waals surface area contributed by atoms with Gasteiger partial charge < -0.3 is 4.52 Å². The van der Waals surface area contributed by atoms with Crippen LogP contribution in [0, 0.1) is 0 Å². The van der Waals surface area contributed by atoms with Crippen molar-refractivity contribution < 1.29 is 4.52 Å². The van der Waals surface area contributed by atoms with E-state index in [0.29, 0.717) is 11.7 Å². The van der Waals surface area contributed by atoms with E-state index in [4.69, 9.17) is 4.52 Å². The third-order valence-corrected chi connectivity index (χ3v) is 5.65. The molecule has 0 aliphatic carbocycles. The van der Waals surface area contributed by atoms with Gasteiger partial charge in [0.05, 0.1) is 0 Å². The fourth-order valence-electron chi connectivity index (χ4n) is 4.15. The monoisotopic (exact) mass is 398 g/mol. The van der Waals surface area contributed by atoms with E-state index in [-0.39, 0.29) is 0 Å². The number of nitrogens with zero attached hydrogens (tertiary/aromatic N) is 2. The number of benzene rings is 5. The summed E-state index contributed by atoms with van der Waals surface area (Å²) in [4.78, 5) is 4.58. The Morgan fingerprint density at radius 2 is 1.10 bits per heavy atom. The van der Waals surface area contributed by atoms with Crippen LogP contribution in [0.5, 0.6) is 0 Å². The molecule has 0 fully saturated rings. The number of aromatic nitrogens is 2. The molecule has 146 valence electrons. The molecule has 1 heterocycles. The minimum absolute atomic E-state index is 0.528. The first-order valence-corrected chi connectivity index (χ1v) is 10.3. The van der Waals surface area contributed by atoms with E-state index >= 15 is 0 Å².